The molecule has 0 saturated carbocycles. The molecule has 2 aromatic carbocycles. The molecule has 1 N–H and O–H groups in total. The lowest BCUT2D eigenvalue weighted by Gasteiger charge is -2.17. The molecule has 4 rings (SSSR count). The predicted octanol–water partition coefficient (Wildman–Crippen LogP) is 3.00. The molecule has 7 nitrogen and oxygen atoms in total. The number of hydrogen-bond donors (Lipinski definition) is 1. The van der Waals surface area contributed by atoms with E-state index in [1.54, 1.807) is 34.8 Å². The topological polar surface area (TPSA) is 83.9 Å². The molecule has 1 amide bonds. The van der Waals surface area contributed by atoms with Crippen LogP contribution in [0.25, 0.3) is 16.6 Å². The van der Waals surface area contributed by atoms with Crippen LogP contribution in [-0.2, 0) is 6.54 Å². The highest BCUT2D eigenvalue weighted by atomic mass is 16.2. The van der Waals surface area contributed by atoms with E-state index in [9.17, 15) is 9.59 Å². The number of carbonyl (C=O) groups excluding carboxylic acids is 1. The van der Waals surface area contributed by atoms with Crippen LogP contribution in [0.4, 0.5) is 0 Å². The zero-order chi connectivity index (χ0) is 20.5. The fraction of sp³-hybridized carbons (Fsp3) is 0.182. The van der Waals surface area contributed by atoms with Crippen molar-refractivity contribution in [3.63, 3.8) is 0 Å². The first-order valence-electron chi connectivity index (χ1n) is 9.30. The van der Waals surface area contributed by atoms with E-state index in [1.807, 2.05) is 50.2 Å². The maximum atomic E-state index is 13.1. The fourth-order valence-electron chi connectivity index (χ4n) is 3.47. The van der Waals surface area contributed by atoms with Crippen molar-refractivity contribution in [3.05, 3.63) is 87.7 Å². The highest BCUT2D eigenvalue weighted by Gasteiger charge is 2.23. The quantitative estimate of drug-likeness (QED) is 0.583. The first-order chi connectivity index (χ1) is 14.0. The zero-order valence-corrected chi connectivity index (χ0v) is 16.5. The van der Waals surface area contributed by atoms with Crippen LogP contribution >= 0.6 is 0 Å². The van der Waals surface area contributed by atoms with E-state index >= 15 is 0 Å². The van der Waals surface area contributed by atoms with Gasteiger partial charge in [-0.1, -0.05) is 30.3 Å². The normalized spacial score (nSPS) is 11.0. The maximum absolute atomic E-state index is 13.1. The molecule has 2 aromatic heterocycles. The standard InChI is InChI=1S/C22H21N5O2/c1-14-20(15(2)27(25-14)16-9-5-4-6-10-16)22(29)26(3)13-19-23-18-12-8-7-11-17(18)21(28)24-19/h4-12H,13H2,1-3H3,(H,23,24,28). The van der Waals surface area contributed by atoms with Crippen LogP contribution in [0.3, 0.4) is 0 Å². The van der Waals surface area contributed by atoms with Crippen LogP contribution in [-0.4, -0.2) is 37.6 Å². The summed E-state index contributed by atoms with van der Waals surface area (Å²) in [7, 11) is 1.69. The Labute approximate surface area is 167 Å². The number of benzene rings is 2. The van der Waals surface area contributed by atoms with E-state index in [0.29, 0.717) is 28.0 Å². The van der Waals surface area contributed by atoms with Crippen molar-refractivity contribution in [2.75, 3.05) is 7.05 Å². The van der Waals surface area contributed by atoms with Crippen molar-refractivity contribution in [2.45, 2.75) is 20.4 Å². The molecule has 7 heteroatoms. The highest BCUT2D eigenvalue weighted by molar-refractivity contribution is 5.96. The van der Waals surface area contributed by atoms with Gasteiger partial charge in [0, 0.05) is 7.05 Å². The Bertz CT molecular complexity index is 1260. The van der Waals surface area contributed by atoms with Crippen molar-refractivity contribution in [1.82, 2.24) is 24.6 Å². The lowest BCUT2D eigenvalue weighted by atomic mass is 10.1. The molecule has 0 radical (unpaired) electrons. The van der Waals surface area contributed by atoms with Gasteiger partial charge in [0.15, 0.2) is 0 Å². The van der Waals surface area contributed by atoms with Gasteiger partial charge >= 0.3 is 0 Å². The third-order valence-corrected chi connectivity index (χ3v) is 4.90. The Kier molecular flexibility index (Phi) is 4.72. The van der Waals surface area contributed by atoms with Crippen molar-refractivity contribution in [1.29, 1.82) is 0 Å². The van der Waals surface area contributed by atoms with Gasteiger partial charge in [-0.05, 0) is 38.1 Å². The lowest BCUT2D eigenvalue weighted by molar-refractivity contribution is 0.0780. The summed E-state index contributed by atoms with van der Waals surface area (Å²) in [5.41, 5.74) is 3.27. The van der Waals surface area contributed by atoms with Crippen molar-refractivity contribution in [3.8, 4) is 5.69 Å². The van der Waals surface area contributed by atoms with E-state index < -0.39 is 0 Å². The van der Waals surface area contributed by atoms with E-state index in [1.165, 1.54) is 0 Å². The van der Waals surface area contributed by atoms with Crippen LogP contribution < -0.4 is 5.56 Å². The minimum absolute atomic E-state index is 0.169. The van der Waals surface area contributed by atoms with Gasteiger partial charge in [0.05, 0.1) is 40.1 Å². The number of nitrogens with zero attached hydrogens (tertiary/aromatic N) is 4. The summed E-state index contributed by atoms with van der Waals surface area (Å²) in [5, 5.41) is 5.07. The SMILES string of the molecule is Cc1nn(-c2ccccc2)c(C)c1C(=O)N(C)Cc1nc2ccccc2c(=O)[nH]1. The number of hydrogen-bond acceptors (Lipinski definition) is 4. The molecular formula is C22H21N5O2. The van der Waals surface area contributed by atoms with Crippen LogP contribution in [0.2, 0.25) is 0 Å². The fourth-order valence-corrected chi connectivity index (χ4v) is 3.47. The molecule has 146 valence electrons. The first kappa shape index (κ1) is 18.6. The molecule has 0 atom stereocenters. The summed E-state index contributed by atoms with van der Waals surface area (Å²) in [5.74, 6) is 0.272. The second kappa shape index (κ2) is 7.35. The molecule has 2 heterocycles. The van der Waals surface area contributed by atoms with Gasteiger partial charge in [-0.15, -0.1) is 0 Å². The number of rotatable bonds is 4. The smallest absolute Gasteiger partial charge is 0.258 e. The summed E-state index contributed by atoms with van der Waals surface area (Å²) in [6.07, 6.45) is 0. The van der Waals surface area contributed by atoms with Crippen LogP contribution in [0.5, 0.6) is 0 Å². The van der Waals surface area contributed by atoms with E-state index in [-0.39, 0.29) is 18.0 Å². The molecule has 0 saturated heterocycles. The largest absolute Gasteiger partial charge is 0.334 e. The lowest BCUT2D eigenvalue weighted by Crippen LogP contribution is -2.29. The van der Waals surface area contributed by atoms with Crippen LogP contribution in [0, 0.1) is 13.8 Å². The van der Waals surface area contributed by atoms with Crippen molar-refractivity contribution >= 4 is 16.8 Å². The Morgan fingerprint density at radius 3 is 2.52 bits per heavy atom. The number of fused-ring (bicyclic) bond motifs is 1. The Balaban J connectivity index is 1.64. The molecular weight excluding hydrogens is 366 g/mol. The molecule has 0 unspecified atom stereocenters. The molecule has 0 bridgehead atoms. The van der Waals surface area contributed by atoms with Gasteiger partial charge < -0.3 is 9.88 Å². The number of H-pyrrole nitrogens is 1. The van der Waals surface area contributed by atoms with Crippen molar-refractivity contribution in [2.24, 2.45) is 0 Å². The Morgan fingerprint density at radius 1 is 1.07 bits per heavy atom. The van der Waals surface area contributed by atoms with Gasteiger partial charge in [0.25, 0.3) is 11.5 Å². The Hall–Kier alpha value is -3.74. The summed E-state index contributed by atoms with van der Waals surface area (Å²) in [6, 6.07) is 16.8. The second-order valence-electron chi connectivity index (χ2n) is 6.98. The van der Waals surface area contributed by atoms with Crippen molar-refractivity contribution < 1.29 is 4.79 Å². The highest BCUT2D eigenvalue weighted by Crippen LogP contribution is 2.20. The van der Waals surface area contributed by atoms with Crippen LogP contribution in [0.1, 0.15) is 27.6 Å². The molecule has 0 spiro atoms. The summed E-state index contributed by atoms with van der Waals surface area (Å²) >= 11 is 0. The van der Waals surface area contributed by atoms with Gasteiger partial charge in [0.1, 0.15) is 5.82 Å². The van der Waals surface area contributed by atoms with Gasteiger partial charge in [-0.25, -0.2) is 9.67 Å². The van der Waals surface area contributed by atoms with E-state index in [4.69, 9.17) is 0 Å². The number of aromatic amines is 1. The Morgan fingerprint density at radius 2 is 1.76 bits per heavy atom. The maximum Gasteiger partial charge on any atom is 0.258 e. The summed E-state index contributed by atoms with van der Waals surface area (Å²) < 4.78 is 1.77. The number of aromatic nitrogens is 4. The van der Waals surface area contributed by atoms with Gasteiger partial charge in [0.2, 0.25) is 0 Å². The van der Waals surface area contributed by atoms with Crippen LogP contribution in [0.15, 0.2) is 59.4 Å². The second-order valence-corrected chi connectivity index (χ2v) is 6.98. The predicted molar refractivity (Wildman–Crippen MR) is 111 cm³/mol. The summed E-state index contributed by atoms with van der Waals surface area (Å²) in [6.45, 7) is 3.89. The number of para-hydroxylation sites is 2. The molecule has 4 aromatic rings. The summed E-state index contributed by atoms with van der Waals surface area (Å²) in [4.78, 5) is 34.2. The van der Waals surface area contributed by atoms with Gasteiger partial charge in [-0.3, -0.25) is 9.59 Å². The zero-order valence-electron chi connectivity index (χ0n) is 16.5. The van der Waals surface area contributed by atoms with Gasteiger partial charge in [-0.2, -0.15) is 5.10 Å². The van der Waals surface area contributed by atoms with E-state index in [0.717, 1.165) is 11.4 Å². The third kappa shape index (κ3) is 3.42. The number of carbonyl (C=O) groups is 1. The molecule has 0 fully saturated rings. The van der Waals surface area contributed by atoms with E-state index in [2.05, 4.69) is 15.1 Å². The number of aryl methyl sites for hydroxylation is 1. The molecule has 0 aliphatic rings. The monoisotopic (exact) mass is 387 g/mol. The first-order valence-corrected chi connectivity index (χ1v) is 9.30. The number of nitrogens with one attached hydrogen (secondary N) is 1. The minimum atomic E-state index is -0.212. The molecule has 0 aliphatic carbocycles. The average Bonchev–Trinajstić information content (AvgIpc) is 3.02. The number of amides is 1. The minimum Gasteiger partial charge on any atom is -0.334 e. The third-order valence-electron chi connectivity index (χ3n) is 4.90. The molecule has 29 heavy (non-hydrogen) atoms. The average molecular weight is 387 g/mol. The molecule has 0 aliphatic heterocycles.